The molecule has 6 heteroatoms. The minimum absolute atomic E-state index is 0.0271. The quantitative estimate of drug-likeness (QED) is 0.747. The lowest BCUT2D eigenvalue weighted by molar-refractivity contribution is 0.311. The molecule has 96 valence electrons. The van der Waals surface area contributed by atoms with Crippen LogP contribution in [0.3, 0.4) is 0 Å². The van der Waals surface area contributed by atoms with Crippen LogP contribution in [0, 0.1) is 11.3 Å². The number of aliphatic hydroxyl groups is 1. The van der Waals surface area contributed by atoms with E-state index in [1.54, 1.807) is 24.3 Å². The number of nitriles is 1. The summed E-state index contributed by atoms with van der Waals surface area (Å²) in [4.78, 5) is 18.5. The summed E-state index contributed by atoms with van der Waals surface area (Å²) in [6.07, 6.45) is 0. The van der Waals surface area contributed by atoms with Gasteiger partial charge in [0.25, 0.3) is 5.56 Å². The number of aromatic nitrogens is 2. The molecular formula is C13H12N4O2. The largest absolute Gasteiger partial charge is 0.395 e. The number of rotatable bonds is 4. The molecule has 0 bridgehead atoms. The molecule has 0 saturated heterocycles. The van der Waals surface area contributed by atoms with Crippen molar-refractivity contribution < 1.29 is 5.11 Å². The average Bonchev–Trinajstić information content (AvgIpc) is 2.45. The summed E-state index contributed by atoms with van der Waals surface area (Å²) in [5.74, 6) is 0.233. The van der Waals surface area contributed by atoms with E-state index in [4.69, 9.17) is 10.4 Å². The summed E-state index contributed by atoms with van der Waals surface area (Å²) < 4.78 is 0. The summed E-state index contributed by atoms with van der Waals surface area (Å²) >= 11 is 0. The molecule has 2 rings (SSSR count). The Morgan fingerprint density at radius 3 is 2.74 bits per heavy atom. The molecule has 1 aromatic heterocycles. The number of nitrogens with one attached hydrogen (secondary N) is 2. The first-order valence-corrected chi connectivity index (χ1v) is 5.71. The van der Waals surface area contributed by atoms with Crippen molar-refractivity contribution in [1.82, 2.24) is 9.97 Å². The standard InChI is InChI=1S/C13H12N4O2/c14-8-10-11(9-4-2-1-3-5-9)16-13(15-6-7-18)17-12(10)19/h1-5,18H,6-7H2,(H2,15,16,17,19). The Kier molecular flexibility index (Phi) is 3.90. The minimum atomic E-state index is -0.503. The second-order valence-electron chi connectivity index (χ2n) is 3.77. The van der Waals surface area contributed by atoms with Gasteiger partial charge in [0.15, 0.2) is 0 Å². The summed E-state index contributed by atoms with van der Waals surface area (Å²) in [6, 6.07) is 10.9. The number of H-pyrrole nitrogens is 1. The lowest BCUT2D eigenvalue weighted by Gasteiger charge is -2.07. The predicted octanol–water partition coefficient (Wildman–Crippen LogP) is 0.713. The first-order valence-electron chi connectivity index (χ1n) is 5.71. The van der Waals surface area contributed by atoms with Crippen LogP contribution in [0.2, 0.25) is 0 Å². The molecule has 6 nitrogen and oxygen atoms in total. The zero-order valence-corrected chi connectivity index (χ0v) is 10.1. The van der Waals surface area contributed by atoms with Gasteiger partial charge < -0.3 is 10.4 Å². The summed E-state index contributed by atoms with van der Waals surface area (Å²) in [7, 11) is 0. The second kappa shape index (κ2) is 5.80. The van der Waals surface area contributed by atoms with Gasteiger partial charge in [0.05, 0.1) is 12.3 Å². The molecule has 19 heavy (non-hydrogen) atoms. The Morgan fingerprint density at radius 2 is 2.11 bits per heavy atom. The van der Waals surface area contributed by atoms with Gasteiger partial charge in [-0.25, -0.2) is 4.98 Å². The van der Waals surface area contributed by atoms with Crippen LogP contribution in [0.15, 0.2) is 35.1 Å². The molecule has 0 aliphatic heterocycles. The highest BCUT2D eigenvalue weighted by molar-refractivity contribution is 5.66. The topological polar surface area (TPSA) is 102 Å². The Hall–Kier alpha value is -2.65. The van der Waals surface area contributed by atoms with Crippen molar-refractivity contribution >= 4 is 5.95 Å². The van der Waals surface area contributed by atoms with Gasteiger partial charge in [-0.05, 0) is 0 Å². The molecule has 0 spiro atoms. The van der Waals surface area contributed by atoms with E-state index < -0.39 is 5.56 Å². The van der Waals surface area contributed by atoms with Gasteiger partial charge >= 0.3 is 0 Å². The van der Waals surface area contributed by atoms with Crippen molar-refractivity contribution in [2.24, 2.45) is 0 Å². The van der Waals surface area contributed by atoms with Crippen molar-refractivity contribution in [3.8, 4) is 17.3 Å². The number of hydrogen-bond acceptors (Lipinski definition) is 5. The first kappa shape index (κ1) is 12.8. The fraction of sp³-hybridized carbons (Fsp3) is 0.154. The number of benzene rings is 1. The van der Waals surface area contributed by atoms with Crippen molar-refractivity contribution in [2.45, 2.75) is 0 Å². The van der Waals surface area contributed by atoms with Crippen LogP contribution in [0.5, 0.6) is 0 Å². The van der Waals surface area contributed by atoms with Crippen LogP contribution in [-0.2, 0) is 0 Å². The molecule has 1 heterocycles. The minimum Gasteiger partial charge on any atom is -0.395 e. The Morgan fingerprint density at radius 1 is 1.37 bits per heavy atom. The molecule has 0 radical (unpaired) electrons. The van der Waals surface area contributed by atoms with Crippen LogP contribution in [-0.4, -0.2) is 28.2 Å². The van der Waals surface area contributed by atoms with E-state index in [0.29, 0.717) is 11.3 Å². The van der Waals surface area contributed by atoms with Crippen molar-refractivity contribution in [3.63, 3.8) is 0 Å². The fourth-order valence-electron chi connectivity index (χ4n) is 1.64. The van der Waals surface area contributed by atoms with Crippen LogP contribution >= 0.6 is 0 Å². The van der Waals surface area contributed by atoms with Crippen molar-refractivity contribution in [3.05, 3.63) is 46.2 Å². The molecule has 3 N–H and O–H groups in total. The number of aliphatic hydroxyl groups excluding tert-OH is 1. The molecular weight excluding hydrogens is 244 g/mol. The third-order valence-corrected chi connectivity index (χ3v) is 2.48. The van der Waals surface area contributed by atoms with Crippen LogP contribution in [0.4, 0.5) is 5.95 Å². The van der Waals surface area contributed by atoms with E-state index in [2.05, 4.69) is 15.3 Å². The molecule has 0 unspecified atom stereocenters. The number of hydrogen-bond donors (Lipinski definition) is 3. The van der Waals surface area contributed by atoms with Crippen LogP contribution < -0.4 is 10.9 Å². The van der Waals surface area contributed by atoms with E-state index in [1.165, 1.54) is 0 Å². The van der Waals surface area contributed by atoms with Gasteiger partial charge in [-0.3, -0.25) is 9.78 Å². The van der Waals surface area contributed by atoms with Gasteiger partial charge in [0, 0.05) is 12.1 Å². The SMILES string of the molecule is N#Cc1c(-c2ccccc2)nc(NCCO)[nH]c1=O. The molecule has 0 fully saturated rings. The third kappa shape index (κ3) is 2.78. The van der Waals surface area contributed by atoms with Gasteiger partial charge in [0.1, 0.15) is 11.6 Å². The normalized spacial score (nSPS) is 9.89. The fourth-order valence-corrected chi connectivity index (χ4v) is 1.64. The highest BCUT2D eigenvalue weighted by atomic mass is 16.3. The lowest BCUT2D eigenvalue weighted by Crippen LogP contribution is -2.18. The summed E-state index contributed by atoms with van der Waals surface area (Å²) in [5, 5.41) is 20.6. The van der Waals surface area contributed by atoms with E-state index in [-0.39, 0.29) is 24.7 Å². The van der Waals surface area contributed by atoms with Gasteiger partial charge in [-0.1, -0.05) is 30.3 Å². The van der Waals surface area contributed by atoms with E-state index in [9.17, 15) is 4.79 Å². The maximum Gasteiger partial charge on any atom is 0.270 e. The predicted molar refractivity (Wildman–Crippen MR) is 70.6 cm³/mol. The average molecular weight is 256 g/mol. The number of anilines is 1. The maximum atomic E-state index is 11.8. The number of nitrogens with zero attached hydrogens (tertiary/aromatic N) is 2. The van der Waals surface area contributed by atoms with Crippen molar-refractivity contribution in [1.29, 1.82) is 5.26 Å². The highest BCUT2D eigenvalue weighted by Crippen LogP contribution is 2.19. The van der Waals surface area contributed by atoms with Gasteiger partial charge in [0.2, 0.25) is 5.95 Å². The van der Waals surface area contributed by atoms with Gasteiger partial charge in [-0.15, -0.1) is 0 Å². The molecule has 0 aliphatic rings. The molecule has 0 amide bonds. The summed E-state index contributed by atoms with van der Waals surface area (Å²) in [6.45, 7) is 0.188. The lowest BCUT2D eigenvalue weighted by atomic mass is 10.1. The van der Waals surface area contributed by atoms with Crippen LogP contribution in [0.1, 0.15) is 5.56 Å². The second-order valence-corrected chi connectivity index (χ2v) is 3.77. The smallest absolute Gasteiger partial charge is 0.270 e. The monoisotopic (exact) mass is 256 g/mol. The molecule has 2 aromatic rings. The molecule has 0 atom stereocenters. The van der Waals surface area contributed by atoms with E-state index in [1.807, 2.05) is 12.1 Å². The van der Waals surface area contributed by atoms with E-state index >= 15 is 0 Å². The molecule has 1 aromatic carbocycles. The zero-order chi connectivity index (χ0) is 13.7. The summed E-state index contributed by atoms with van der Waals surface area (Å²) in [5.41, 5.74) is 0.488. The maximum absolute atomic E-state index is 11.8. The molecule has 0 aliphatic carbocycles. The third-order valence-electron chi connectivity index (χ3n) is 2.48. The number of aromatic amines is 1. The highest BCUT2D eigenvalue weighted by Gasteiger charge is 2.12. The zero-order valence-electron chi connectivity index (χ0n) is 10.1. The molecule has 0 saturated carbocycles. The van der Waals surface area contributed by atoms with Gasteiger partial charge in [-0.2, -0.15) is 5.26 Å². The van der Waals surface area contributed by atoms with Crippen molar-refractivity contribution in [2.75, 3.05) is 18.5 Å². The Bertz CT molecular complexity index is 659. The Labute approximate surface area is 109 Å². The van der Waals surface area contributed by atoms with Crippen LogP contribution in [0.25, 0.3) is 11.3 Å². The first-order chi connectivity index (χ1) is 9.26. The Balaban J connectivity index is 2.55. The van der Waals surface area contributed by atoms with E-state index in [0.717, 1.165) is 0 Å².